The molecular formula is C36H50FN3O6S. The lowest BCUT2D eigenvalue weighted by atomic mass is 10.0. The minimum atomic E-state index is -3.95. The number of carboxylic acid groups (broad SMARTS) is 1. The molecule has 2 aromatic carbocycles. The van der Waals surface area contributed by atoms with E-state index >= 15 is 0 Å². The van der Waals surface area contributed by atoms with E-state index < -0.39 is 27.3 Å². The molecule has 0 atom stereocenters. The molecule has 2 heterocycles. The molecule has 1 saturated carbocycles. The third-order valence-electron chi connectivity index (χ3n) is 8.99. The first-order valence-corrected chi connectivity index (χ1v) is 18.8. The summed E-state index contributed by atoms with van der Waals surface area (Å²) in [5, 5.41) is 12.6. The van der Waals surface area contributed by atoms with E-state index in [0.29, 0.717) is 24.3 Å². The Bertz CT molecular complexity index is 1650. The van der Waals surface area contributed by atoms with Gasteiger partial charge in [0.15, 0.2) is 0 Å². The highest BCUT2D eigenvalue weighted by Crippen LogP contribution is 2.38. The molecule has 11 heteroatoms. The van der Waals surface area contributed by atoms with Crippen molar-refractivity contribution in [3.63, 3.8) is 0 Å². The summed E-state index contributed by atoms with van der Waals surface area (Å²) in [5.41, 5.74) is 1.93. The molecule has 2 fully saturated rings. The van der Waals surface area contributed by atoms with Gasteiger partial charge in [0.2, 0.25) is 5.43 Å². The van der Waals surface area contributed by atoms with Crippen molar-refractivity contribution in [1.82, 2.24) is 9.88 Å². The van der Waals surface area contributed by atoms with Gasteiger partial charge in [-0.3, -0.25) is 9.35 Å². The van der Waals surface area contributed by atoms with Crippen LogP contribution < -0.4 is 15.6 Å². The number of aryl methyl sites for hydroxylation is 1. The zero-order valence-corrected chi connectivity index (χ0v) is 28.4. The fourth-order valence-electron chi connectivity index (χ4n) is 6.26. The van der Waals surface area contributed by atoms with Gasteiger partial charge in [-0.05, 0) is 48.9 Å². The summed E-state index contributed by atoms with van der Waals surface area (Å²) in [7, 11) is -3.95. The molecule has 1 aromatic heterocycles. The Morgan fingerprint density at radius 3 is 2.11 bits per heavy atom. The highest BCUT2D eigenvalue weighted by atomic mass is 32.2. The van der Waals surface area contributed by atoms with E-state index in [1.807, 2.05) is 27.7 Å². The number of piperazine rings is 1. The number of hydrogen-bond donors (Lipinski definition) is 3. The Hall–Kier alpha value is -3.28. The van der Waals surface area contributed by atoms with Gasteiger partial charge in [-0.2, -0.15) is 8.42 Å². The number of aromatic carboxylic acids is 1. The first-order valence-electron chi connectivity index (χ1n) is 17.2. The fraction of sp³-hybridized carbons (Fsp3) is 0.556. The number of carboxylic acids is 1. The van der Waals surface area contributed by atoms with Crippen LogP contribution in [0.3, 0.4) is 0 Å². The van der Waals surface area contributed by atoms with Crippen molar-refractivity contribution < 1.29 is 27.3 Å². The molecule has 3 aromatic rings. The number of pyridine rings is 1. The minimum Gasteiger partial charge on any atom is -0.477 e. The lowest BCUT2D eigenvalue weighted by Gasteiger charge is -2.30. The second kappa shape index (κ2) is 17.8. The number of nitrogens with zero attached hydrogens (tertiary/aromatic N) is 2. The largest absolute Gasteiger partial charge is 0.477 e. The number of aromatic nitrogens is 1. The molecule has 0 bridgehead atoms. The molecule has 1 aliphatic heterocycles. The highest BCUT2D eigenvalue weighted by molar-refractivity contribution is 7.85. The van der Waals surface area contributed by atoms with Crippen LogP contribution in [0, 0.1) is 5.82 Å². The highest BCUT2D eigenvalue weighted by Gasteiger charge is 2.28. The number of nitrogens with one attached hydrogen (secondary N) is 1. The van der Waals surface area contributed by atoms with Crippen molar-refractivity contribution in [1.29, 1.82) is 0 Å². The average Bonchev–Trinajstić information content (AvgIpc) is 3.88. The van der Waals surface area contributed by atoms with Gasteiger partial charge in [0, 0.05) is 43.8 Å². The number of benzene rings is 2. The van der Waals surface area contributed by atoms with E-state index in [1.165, 1.54) is 70.1 Å². The van der Waals surface area contributed by atoms with Gasteiger partial charge in [0.25, 0.3) is 10.1 Å². The van der Waals surface area contributed by atoms with Gasteiger partial charge >= 0.3 is 5.97 Å². The van der Waals surface area contributed by atoms with Crippen molar-refractivity contribution in [3.05, 3.63) is 75.3 Å². The van der Waals surface area contributed by atoms with E-state index in [9.17, 15) is 27.5 Å². The second-order valence-corrected chi connectivity index (χ2v) is 14.3. The molecule has 1 saturated heterocycles. The van der Waals surface area contributed by atoms with Crippen LogP contribution in [0.25, 0.3) is 10.9 Å². The molecule has 258 valence electrons. The average molecular weight is 672 g/mol. The van der Waals surface area contributed by atoms with Crippen molar-refractivity contribution in [3.8, 4) is 0 Å². The van der Waals surface area contributed by atoms with Crippen LogP contribution in [0.1, 0.15) is 112 Å². The van der Waals surface area contributed by atoms with E-state index in [4.69, 9.17) is 4.55 Å². The van der Waals surface area contributed by atoms with Gasteiger partial charge in [0.1, 0.15) is 17.1 Å². The number of anilines is 1. The van der Waals surface area contributed by atoms with Crippen LogP contribution in [0.5, 0.6) is 0 Å². The third kappa shape index (κ3) is 11.1. The van der Waals surface area contributed by atoms with Gasteiger partial charge in [-0.25, -0.2) is 9.18 Å². The molecule has 0 amide bonds. The number of unbranched alkanes of at least 4 members (excludes halogenated alkanes) is 9. The van der Waals surface area contributed by atoms with Gasteiger partial charge in [0.05, 0.1) is 11.2 Å². The Labute approximate surface area is 277 Å². The van der Waals surface area contributed by atoms with Gasteiger partial charge < -0.3 is 19.9 Å². The van der Waals surface area contributed by atoms with Crippen LogP contribution in [-0.4, -0.2) is 54.8 Å². The third-order valence-corrected chi connectivity index (χ3v) is 9.66. The number of rotatable bonds is 16. The number of halogens is 1. The van der Waals surface area contributed by atoms with E-state index in [-0.39, 0.29) is 22.7 Å². The maximum absolute atomic E-state index is 14.6. The van der Waals surface area contributed by atoms with Crippen LogP contribution in [0.15, 0.2) is 47.4 Å². The van der Waals surface area contributed by atoms with E-state index in [0.717, 1.165) is 49.9 Å². The fourth-order valence-corrected chi connectivity index (χ4v) is 6.93. The molecular weight excluding hydrogens is 621 g/mol. The van der Waals surface area contributed by atoms with Crippen LogP contribution >= 0.6 is 0 Å². The standard InChI is InChI=1S/C19H32O3S.C17H18FN3O3/c1-2-3-4-5-6-7-8-9-10-11-14-18-15-12-13-16-19(18)17-23(20,21)22;18-13-7-11-14(8-15(13)20-5-3-19-4-6-20)21(10-1-2-10)9-12(16(11)22)17(23)24/h12-13,15-16H,2-11,14,17H2,1H3,(H,20,21,22);7-10,19H,1-6H2,(H,23,24). The maximum Gasteiger partial charge on any atom is 0.341 e. The number of hydrogen-bond acceptors (Lipinski definition) is 6. The van der Waals surface area contributed by atoms with E-state index in [2.05, 4.69) is 12.2 Å². The molecule has 0 radical (unpaired) electrons. The van der Waals surface area contributed by atoms with Crippen LogP contribution in [0.4, 0.5) is 10.1 Å². The van der Waals surface area contributed by atoms with Gasteiger partial charge in [-0.1, -0.05) is 89.0 Å². The molecule has 2 aliphatic rings. The predicted molar refractivity (Wildman–Crippen MR) is 186 cm³/mol. The Morgan fingerprint density at radius 2 is 1.53 bits per heavy atom. The number of carbonyl (C=O) groups is 1. The first-order chi connectivity index (χ1) is 22.6. The molecule has 1 aliphatic carbocycles. The topological polar surface area (TPSA) is 129 Å². The Balaban J connectivity index is 0.000000213. The smallest absolute Gasteiger partial charge is 0.341 e. The van der Waals surface area contributed by atoms with Crippen molar-refractivity contribution in [2.75, 3.05) is 31.1 Å². The van der Waals surface area contributed by atoms with Crippen LogP contribution in [0.2, 0.25) is 0 Å². The molecule has 0 spiro atoms. The Kier molecular flexibility index (Phi) is 13.8. The first kappa shape index (κ1) is 36.6. The van der Waals surface area contributed by atoms with Crippen molar-refractivity contribution in [2.45, 2.75) is 102 Å². The summed E-state index contributed by atoms with van der Waals surface area (Å²) in [5.74, 6) is -2.03. The summed E-state index contributed by atoms with van der Waals surface area (Å²) >= 11 is 0. The van der Waals surface area contributed by atoms with E-state index in [1.54, 1.807) is 12.1 Å². The monoisotopic (exact) mass is 671 g/mol. The summed E-state index contributed by atoms with van der Waals surface area (Å²) in [6.45, 7) is 5.20. The summed E-state index contributed by atoms with van der Waals surface area (Å²) in [4.78, 5) is 25.7. The maximum atomic E-state index is 14.6. The predicted octanol–water partition coefficient (Wildman–Crippen LogP) is 7.12. The lowest BCUT2D eigenvalue weighted by molar-refractivity contribution is 0.0694. The summed E-state index contributed by atoms with van der Waals surface area (Å²) < 4.78 is 47.5. The van der Waals surface area contributed by atoms with Crippen LogP contribution in [-0.2, 0) is 22.3 Å². The lowest BCUT2D eigenvalue weighted by Crippen LogP contribution is -2.43. The molecule has 5 rings (SSSR count). The van der Waals surface area contributed by atoms with Crippen molar-refractivity contribution in [2.24, 2.45) is 0 Å². The zero-order chi connectivity index (χ0) is 33.8. The summed E-state index contributed by atoms with van der Waals surface area (Å²) in [6.07, 6.45) is 17.1. The molecule has 47 heavy (non-hydrogen) atoms. The molecule has 9 nitrogen and oxygen atoms in total. The molecule has 0 unspecified atom stereocenters. The quantitative estimate of drug-likeness (QED) is 0.108. The van der Waals surface area contributed by atoms with Crippen molar-refractivity contribution >= 4 is 32.7 Å². The SMILES string of the molecule is CCCCCCCCCCCCc1ccccc1CS(=O)(=O)O.O=C(O)c1cn(C2CC2)c2cc(N3CCNCC3)c(F)cc2c1=O. The number of fused-ring (bicyclic) bond motifs is 1. The van der Waals surface area contributed by atoms with Gasteiger partial charge in [-0.15, -0.1) is 0 Å². The Morgan fingerprint density at radius 1 is 0.936 bits per heavy atom. The zero-order valence-electron chi connectivity index (χ0n) is 27.6. The second-order valence-electron chi connectivity index (χ2n) is 12.8. The minimum absolute atomic E-state index is 0.137. The molecule has 3 N–H and O–H groups in total. The normalized spacial score (nSPS) is 15.0. The summed E-state index contributed by atoms with van der Waals surface area (Å²) in [6, 6.07) is 10.6.